The molecule has 1 fully saturated rings. The van der Waals surface area contributed by atoms with Gasteiger partial charge in [-0.15, -0.1) is 5.10 Å². The Kier molecular flexibility index (Phi) is 3.74. The molecule has 0 bridgehead atoms. The van der Waals surface area contributed by atoms with Crippen molar-refractivity contribution in [3.8, 4) is 0 Å². The molecule has 2 aromatic heterocycles. The maximum absolute atomic E-state index is 4.82. The molecule has 0 radical (unpaired) electrons. The minimum atomic E-state index is 0.803. The number of aromatic nitrogens is 4. The Morgan fingerprint density at radius 3 is 2.82 bits per heavy atom. The Bertz CT molecular complexity index is 805. The average Bonchev–Trinajstić information content (AvgIpc) is 2.95. The number of nitrogens with zero attached hydrogens (tertiary/aromatic N) is 4. The molecule has 2 heterocycles. The van der Waals surface area contributed by atoms with Gasteiger partial charge in [0, 0.05) is 11.1 Å². The molecule has 0 atom stereocenters. The van der Waals surface area contributed by atoms with Crippen LogP contribution in [0.2, 0.25) is 0 Å². The average molecular weight is 312 g/mol. The number of hydrogen-bond donors (Lipinski definition) is 0. The molecule has 114 valence electrons. The Labute approximate surface area is 134 Å². The van der Waals surface area contributed by atoms with E-state index in [-0.39, 0.29) is 0 Å². The van der Waals surface area contributed by atoms with Crippen molar-refractivity contribution in [3.05, 3.63) is 30.1 Å². The summed E-state index contributed by atoms with van der Waals surface area (Å²) in [7, 11) is 0. The van der Waals surface area contributed by atoms with Gasteiger partial charge in [0.05, 0.1) is 5.52 Å². The van der Waals surface area contributed by atoms with Gasteiger partial charge < -0.3 is 0 Å². The quantitative estimate of drug-likeness (QED) is 0.535. The third kappa shape index (κ3) is 2.58. The molecule has 1 aliphatic rings. The summed E-state index contributed by atoms with van der Waals surface area (Å²) < 4.78 is 1.92. The second-order valence-corrected chi connectivity index (χ2v) is 7.11. The zero-order valence-electron chi connectivity index (χ0n) is 12.8. The number of para-hydroxylation sites is 1. The molecule has 1 aliphatic carbocycles. The largest absolute Gasteiger partial charge is 0.222 e. The first-order valence-electron chi connectivity index (χ1n) is 8.06. The van der Waals surface area contributed by atoms with Gasteiger partial charge in [0.15, 0.2) is 10.8 Å². The number of aryl methyl sites for hydroxylation is 1. The fourth-order valence-corrected chi connectivity index (χ4v) is 4.40. The number of benzene rings is 1. The van der Waals surface area contributed by atoms with Gasteiger partial charge in [0.25, 0.3) is 0 Å². The number of rotatable bonds is 3. The second kappa shape index (κ2) is 5.88. The molecule has 4 rings (SSSR count). The summed E-state index contributed by atoms with van der Waals surface area (Å²) in [4.78, 5) is 9.42. The lowest BCUT2D eigenvalue weighted by molar-refractivity contribution is 0.390. The predicted molar refractivity (Wildman–Crippen MR) is 90.3 cm³/mol. The number of thioether (sulfide) groups is 1. The van der Waals surface area contributed by atoms with Gasteiger partial charge in [-0.2, -0.15) is 4.52 Å². The van der Waals surface area contributed by atoms with Gasteiger partial charge in [-0.25, -0.2) is 9.97 Å². The summed E-state index contributed by atoms with van der Waals surface area (Å²) in [5, 5.41) is 6.60. The highest BCUT2D eigenvalue weighted by atomic mass is 32.2. The lowest BCUT2D eigenvalue weighted by Gasteiger charge is -2.20. The monoisotopic (exact) mass is 312 g/mol. The Balaban J connectivity index is 1.71. The van der Waals surface area contributed by atoms with E-state index in [9.17, 15) is 0 Å². The van der Waals surface area contributed by atoms with Crippen molar-refractivity contribution in [1.29, 1.82) is 0 Å². The first-order valence-corrected chi connectivity index (χ1v) is 9.05. The minimum Gasteiger partial charge on any atom is -0.222 e. The van der Waals surface area contributed by atoms with Crippen LogP contribution in [0.25, 0.3) is 16.6 Å². The lowest BCUT2D eigenvalue weighted by atomic mass is 9.91. The van der Waals surface area contributed by atoms with E-state index in [1.54, 1.807) is 0 Å². The fourth-order valence-electron chi connectivity index (χ4n) is 3.27. The van der Waals surface area contributed by atoms with Gasteiger partial charge in [-0.3, -0.25) is 0 Å². The van der Waals surface area contributed by atoms with E-state index < -0.39 is 0 Å². The third-order valence-electron chi connectivity index (χ3n) is 4.43. The normalized spacial score (nSPS) is 16.6. The molecule has 0 saturated heterocycles. The van der Waals surface area contributed by atoms with Crippen molar-refractivity contribution in [2.75, 3.05) is 5.75 Å². The van der Waals surface area contributed by atoms with Crippen molar-refractivity contribution >= 4 is 28.3 Å². The number of fused-ring (bicyclic) bond motifs is 3. The SMILES string of the molecule is Cc1nc2c3ccccc3nc(SCC3CCCCC3)n2n1. The van der Waals surface area contributed by atoms with E-state index in [0.717, 1.165) is 39.2 Å². The van der Waals surface area contributed by atoms with Crippen LogP contribution >= 0.6 is 11.8 Å². The van der Waals surface area contributed by atoms with E-state index in [0.29, 0.717) is 0 Å². The van der Waals surface area contributed by atoms with Crippen LogP contribution in [0.1, 0.15) is 37.9 Å². The molecular weight excluding hydrogens is 292 g/mol. The lowest BCUT2D eigenvalue weighted by Crippen LogP contribution is -2.09. The summed E-state index contributed by atoms with van der Waals surface area (Å²) in [5.74, 6) is 2.77. The van der Waals surface area contributed by atoms with Crippen LogP contribution in [0.3, 0.4) is 0 Å². The molecule has 0 unspecified atom stereocenters. The third-order valence-corrected chi connectivity index (χ3v) is 5.59. The van der Waals surface area contributed by atoms with Crippen LogP contribution in [-0.4, -0.2) is 25.3 Å². The highest BCUT2D eigenvalue weighted by Crippen LogP contribution is 2.30. The second-order valence-electron chi connectivity index (χ2n) is 6.12. The first-order chi connectivity index (χ1) is 10.8. The van der Waals surface area contributed by atoms with Crippen LogP contribution in [0.4, 0.5) is 0 Å². The Morgan fingerprint density at radius 2 is 1.95 bits per heavy atom. The molecule has 5 heteroatoms. The van der Waals surface area contributed by atoms with E-state index >= 15 is 0 Å². The summed E-state index contributed by atoms with van der Waals surface area (Å²) in [5.41, 5.74) is 1.93. The van der Waals surface area contributed by atoms with E-state index in [4.69, 9.17) is 4.98 Å². The van der Waals surface area contributed by atoms with Crippen LogP contribution in [0, 0.1) is 12.8 Å². The van der Waals surface area contributed by atoms with Crippen LogP contribution in [0.5, 0.6) is 0 Å². The topological polar surface area (TPSA) is 43.1 Å². The molecule has 3 aromatic rings. The van der Waals surface area contributed by atoms with Crippen molar-refractivity contribution in [3.63, 3.8) is 0 Å². The maximum atomic E-state index is 4.82. The van der Waals surface area contributed by atoms with Crippen molar-refractivity contribution < 1.29 is 0 Å². The highest BCUT2D eigenvalue weighted by molar-refractivity contribution is 7.99. The molecule has 4 nitrogen and oxygen atoms in total. The van der Waals surface area contributed by atoms with Crippen molar-refractivity contribution in [2.24, 2.45) is 5.92 Å². The van der Waals surface area contributed by atoms with E-state index in [2.05, 4.69) is 22.2 Å². The van der Waals surface area contributed by atoms with Crippen molar-refractivity contribution in [2.45, 2.75) is 44.2 Å². The summed E-state index contributed by atoms with van der Waals surface area (Å²) in [6.07, 6.45) is 6.89. The Morgan fingerprint density at radius 1 is 1.14 bits per heavy atom. The van der Waals surface area contributed by atoms with Gasteiger partial charge in [0.2, 0.25) is 0 Å². The minimum absolute atomic E-state index is 0.803. The first kappa shape index (κ1) is 14.0. The highest BCUT2D eigenvalue weighted by Gasteiger charge is 2.17. The molecule has 22 heavy (non-hydrogen) atoms. The summed E-state index contributed by atoms with van der Waals surface area (Å²) >= 11 is 1.83. The van der Waals surface area contributed by atoms with Crippen LogP contribution in [-0.2, 0) is 0 Å². The van der Waals surface area contributed by atoms with Crippen LogP contribution in [0.15, 0.2) is 29.4 Å². The zero-order chi connectivity index (χ0) is 14.9. The molecule has 0 spiro atoms. The molecule has 0 N–H and O–H groups in total. The van der Waals surface area contributed by atoms with Crippen LogP contribution < -0.4 is 0 Å². The fraction of sp³-hybridized carbons (Fsp3) is 0.471. The summed E-state index contributed by atoms with van der Waals surface area (Å²) in [6, 6.07) is 8.19. The molecule has 0 amide bonds. The van der Waals surface area contributed by atoms with Gasteiger partial charge in [0.1, 0.15) is 5.82 Å². The zero-order valence-corrected chi connectivity index (χ0v) is 13.6. The Hall–Kier alpha value is -1.62. The molecule has 0 aliphatic heterocycles. The smallest absolute Gasteiger partial charge is 0.191 e. The van der Waals surface area contributed by atoms with Crippen molar-refractivity contribution in [1.82, 2.24) is 19.6 Å². The summed E-state index contributed by atoms with van der Waals surface area (Å²) in [6.45, 7) is 1.94. The molecule has 1 aromatic carbocycles. The van der Waals surface area contributed by atoms with Gasteiger partial charge >= 0.3 is 0 Å². The molecular formula is C17H20N4S. The predicted octanol–water partition coefficient (Wildman–Crippen LogP) is 4.26. The van der Waals surface area contributed by atoms with Gasteiger partial charge in [-0.05, 0) is 37.8 Å². The number of hydrogen-bond acceptors (Lipinski definition) is 4. The van der Waals surface area contributed by atoms with E-state index in [1.165, 1.54) is 32.1 Å². The standard InChI is InChI=1S/C17H20N4S/c1-12-18-16-14-9-5-6-10-15(14)19-17(21(16)20-12)22-11-13-7-3-2-4-8-13/h5-6,9-10,13H,2-4,7-8,11H2,1H3. The van der Waals surface area contributed by atoms with E-state index in [1.807, 2.05) is 35.3 Å². The van der Waals surface area contributed by atoms with Gasteiger partial charge in [-0.1, -0.05) is 43.2 Å². The maximum Gasteiger partial charge on any atom is 0.191 e. The molecule has 1 saturated carbocycles.